The zero-order chi connectivity index (χ0) is 21.5. The van der Waals surface area contributed by atoms with Gasteiger partial charge < -0.3 is 5.32 Å². The van der Waals surface area contributed by atoms with Crippen molar-refractivity contribution < 1.29 is 9.18 Å². The molecule has 2 saturated heterocycles. The lowest BCUT2D eigenvalue weighted by atomic mass is 9.93. The zero-order valence-electron chi connectivity index (χ0n) is 18.3. The number of halogens is 1. The summed E-state index contributed by atoms with van der Waals surface area (Å²) >= 11 is 0. The maximum Gasteiger partial charge on any atom is 0.224 e. The van der Waals surface area contributed by atoms with Crippen LogP contribution in [0, 0.1) is 11.7 Å². The first-order valence-corrected chi connectivity index (χ1v) is 11.7. The highest BCUT2D eigenvalue weighted by Gasteiger charge is 2.31. The van der Waals surface area contributed by atoms with Crippen LogP contribution < -0.4 is 5.32 Å². The highest BCUT2D eigenvalue weighted by atomic mass is 19.1. The van der Waals surface area contributed by atoms with Gasteiger partial charge in [-0.15, -0.1) is 0 Å². The molecule has 0 aliphatic carbocycles. The molecule has 31 heavy (non-hydrogen) atoms. The molecule has 5 heteroatoms. The minimum absolute atomic E-state index is 0.0981. The van der Waals surface area contributed by atoms with Crippen molar-refractivity contribution >= 4 is 5.91 Å². The smallest absolute Gasteiger partial charge is 0.224 e. The van der Waals surface area contributed by atoms with Crippen LogP contribution in [0.2, 0.25) is 0 Å². The molecule has 4 nitrogen and oxygen atoms in total. The summed E-state index contributed by atoms with van der Waals surface area (Å²) in [5.41, 5.74) is 2.04. The Morgan fingerprint density at radius 2 is 1.71 bits per heavy atom. The highest BCUT2D eigenvalue weighted by Crippen LogP contribution is 2.25. The first-order valence-electron chi connectivity index (χ1n) is 11.7. The van der Waals surface area contributed by atoms with Gasteiger partial charge in [-0.25, -0.2) is 4.39 Å². The van der Waals surface area contributed by atoms with Gasteiger partial charge in [-0.3, -0.25) is 14.6 Å². The lowest BCUT2D eigenvalue weighted by Gasteiger charge is -2.42. The van der Waals surface area contributed by atoms with E-state index in [1.54, 1.807) is 12.1 Å². The molecule has 2 aliphatic rings. The Kier molecular flexibility index (Phi) is 7.71. The number of nitrogens with one attached hydrogen (secondary N) is 1. The van der Waals surface area contributed by atoms with Gasteiger partial charge in [0.05, 0.1) is 5.92 Å². The van der Waals surface area contributed by atoms with Crippen molar-refractivity contribution in [3.8, 4) is 0 Å². The van der Waals surface area contributed by atoms with Crippen LogP contribution >= 0.6 is 0 Å². The van der Waals surface area contributed by atoms with Crippen LogP contribution in [0.1, 0.15) is 36.8 Å². The lowest BCUT2D eigenvalue weighted by molar-refractivity contribution is -0.127. The van der Waals surface area contributed by atoms with Gasteiger partial charge in [0.1, 0.15) is 5.82 Å². The zero-order valence-corrected chi connectivity index (χ0v) is 18.3. The van der Waals surface area contributed by atoms with Crippen LogP contribution in [-0.4, -0.2) is 54.5 Å². The van der Waals surface area contributed by atoms with Crippen molar-refractivity contribution in [1.82, 2.24) is 15.1 Å². The molecule has 166 valence electrons. The number of rotatable bonds is 7. The molecular weight excluding hydrogens is 389 g/mol. The topological polar surface area (TPSA) is 35.6 Å². The van der Waals surface area contributed by atoms with Gasteiger partial charge in [-0.1, -0.05) is 48.5 Å². The van der Waals surface area contributed by atoms with E-state index in [9.17, 15) is 9.18 Å². The van der Waals surface area contributed by atoms with Crippen molar-refractivity contribution in [2.75, 3.05) is 32.7 Å². The van der Waals surface area contributed by atoms with E-state index in [-0.39, 0.29) is 17.6 Å². The van der Waals surface area contributed by atoms with Crippen LogP contribution in [0.4, 0.5) is 4.39 Å². The Morgan fingerprint density at radius 3 is 2.48 bits per heavy atom. The fourth-order valence-corrected chi connectivity index (χ4v) is 4.98. The third-order valence-corrected chi connectivity index (χ3v) is 6.80. The summed E-state index contributed by atoms with van der Waals surface area (Å²) in [5, 5.41) is 3.15. The van der Waals surface area contributed by atoms with E-state index < -0.39 is 0 Å². The second-order valence-electron chi connectivity index (χ2n) is 8.96. The molecule has 1 amide bonds. The summed E-state index contributed by atoms with van der Waals surface area (Å²) in [5.74, 6) is 0.195. The average Bonchev–Trinajstić information content (AvgIpc) is 2.82. The molecule has 0 saturated carbocycles. The molecule has 2 aromatic rings. The number of hydrogen-bond acceptors (Lipinski definition) is 3. The molecule has 2 aliphatic heterocycles. The van der Waals surface area contributed by atoms with E-state index >= 15 is 0 Å². The van der Waals surface area contributed by atoms with Gasteiger partial charge in [-0.2, -0.15) is 0 Å². The summed E-state index contributed by atoms with van der Waals surface area (Å²) < 4.78 is 13.9. The molecule has 2 heterocycles. The Bertz CT molecular complexity index is 836. The molecule has 4 rings (SSSR count). The van der Waals surface area contributed by atoms with E-state index in [1.165, 1.54) is 5.56 Å². The molecule has 0 aromatic heterocycles. The normalized spacial score (nSPS) is 21.1. The fraction of sp³-hybridized carbons (Fsp3) is 0.500. The van der Waals surface area contributed by atoms with Gasteiger partial charge in [0, 0.05) is 31.2 Å². The maximum absolute atomic E-state index is 13.9. The SMILES string of the molecule is O=C(NCCc1ccccc1)[C@H]1CCCN(C2CCN(Cc3ccccc3F)CC2)C1. The molecule has 0 radical (unpaired) electrons. The Labute approximate surface area is 185 Å². The van der Waals surface area contributed by atoms with Gasteiger partial charge in [0.2, 0.25) is 5.91 Å². The number of carbonyl (C=O) groups excluding carboxylic acids is 1. The highest BCUT2D eigenvalue weighted by molar-refractivity contribution is 5.79. The molecule has 1 N–H and O–H groups in total. The predicted octanol–water partition coefficient (Wildman–Crippen LogP) is 3.86. The standard InChI is InChI=1S/C26H34FN3O/c27-25-11-5-4-9-22(25)19-29-17-13-24(14-18-29)30-16-6-10-23(20-30)26(31)28-15-12-21-7-2-1-3-8-21/h1-5,7-9,11,23-24H,6,10,12-20H2,(H,28,31)/t23-/m0/s1. The largest absolute Gasteiger partial charge is 0.355 e. The Morgan fingerprint density at radius 1 is 0.968 bits per heavy atom. The maximum atomic E-state index is 13.9. The fourth-order valence-electron chi connectivity index (χ4n) is 4.98. The summed E-state index contributed by atoms with van der Waals surface area (Å²) in [6.07, 6.45) is 5.14. The van der Waals surface area contributed by atoms with E-state index in [2.05, 4.69) is 27.2 Å². The van der Waals surface area contributed by atoms with Crippen molar-refractivity contribution in [1.29, 1.82) is 0 Å². The van der Waals surface area contributed by atoms with Crippen molar-refractivity contribution in [3.05, 3.63) is 71.5 Å². The average molecular weight is 424 g/mol. The van der Waals surface area contributed by atoms with Crippen LogP contribution in [-0.2, 0) is 17.8 Å². The lowest BCUT2D eigenvalue weighted by Crippen LogP contribution is -2.50. The minimum Gasteiger partial charge on any atom is -0.355 e. The number of hydrogen-bond donors (Lipinski definition) is 1. The van der Waals surface area contributed by atoms with E-state index in [0.717, 1.165) is 63.8 Å². The number of amides is 1. The van der Waals surface area contributed by atoms with Gasteiger partial charge in [0.25, 0.3) is 0 Å². The quantitative estimate of drug-likeness (QED) is 0.735. The summed E-state index contributed by atoms with van der Waals surface area (Å²) in [6.45, 7) is 5.33. The Hall–Kier alpha value is -2.24. The third kappa shape index (κ3) is 6.14. The molecule has 0 spiro atoms. The molecule has 1 atom stereocenters. The number of piperidine rings is 2. The third-order valence-electron chi connectivity index (χ3n) is 6.80. The van der Waals surface area contributed by atoms with Crippen LogP contribution in [0.15, 0.2) is 54.6 Å². The van der Waals surface area contributed by atoms with Crippen LogP contribution in [0.3, 0.4) is 0 Å². The second kappa shape index (κ2) is 10.9. The van der Waals surface area contributed by atoms with Crippen molar-refractivity contribution in [3.63, 3.8) is 0 Å². The summed E-state index contributed by atoms with van der Waals surface area (Å²) in [6, 6.07) is 17.9. The van der Waals surface area contributed by atoms with Gasteiger partial charge in [0.15, 0.2) is 0 Å². The predicted molar refractivity (Wildman–Crippen MR) is 122 cm³/mol. The van der Waals surface area contributed by atoms with E-state index in [0.29, 0.717) is 19.1 Å². The van der Waals surface area contributed by atoms with Gasteiger partial charge >= 0.3 is 0 Å². The molecular formula is C26H34FN3O. The first kappa shape index (κ1) is 22.0. The van der Waals surface area contributed by atoms with Crippen LogP contribution in [0.5, 0.6) is 0 Å². The minimum atomic E-state index is -0.109. The first-order chi connectivity index (χ1) is 15.2. The van der Waals surface area contributed by atoms with E-state index in [1.807, 2.05) is 30.3 Å². The molecule has 0 bridgehead atoms. The number of carbonyl (C=O) groups is 1. The monoisotopic (exact) mass is 423 g/mol. The summed E-state index contributed by atoms with van der Waals surface area (Å²) in [4.78, 5) is 17.6. The second-order valence-corrected chi connectivity index (χ2v) is 8.96. The van der Waals surface area contributed by atoms with E-state index in [4.69, 9.17) is 0 Å². The van der Waals surface area contributed by atoms with Crippen molar-refractivity contribution in [2.24, 2.45) is 5.92 Å². The molecule has 0 unspecified atom stereocenters. The van der Waals surface area contributed by atoms with Crippen molar-refractivity contribution in [2.45, 2.75) is 44.7 Å². The number of likely N-dealkylation sites (tertiary alicyclic amines) is 2. The molecule has 2 fully saturated rings. The van der Waals surface area contributed by atoms with Gasteiger partial charge in [-0.05, 0) is 63.4 Å². The van der Waals surface area contributed by atoms with Crippen LogP contribution in [0.25, 0.3) is 0 Å². The number of benzene rings is 2. The Balaban J connectivity index is 1.21. The molecule has 2 aromatic carbocycles. The number of nitrogens with zero attached hydrogens (tertiary/aromatic N) is 2. The summed E-state index contributed by atoms with van der Waals surface area (Å²) in [7, 11) is 0.